The molecule has 0 bridgehead atoms. The van der Waals surface area contributed by atoms with E-state index in [4.69, 9.17) is 5.84 Å². The van der Waals surface area contributed by atoms with Crippen LogP contribution in [0.15, 0.2) is 36.4 Å². The third kappa shape index (κ3) is 3.49. The van der Waals surface area contributed by atoms with Crippen LogP contribution in [0.1, 0.15) is 25.7 Å². The molecule has 2 aromatic rings. The smallest absolute Gasteiger partial charge is 0.163 e. The number of anilines is 2. The molecule has 0 atom stereocenters. The fraction of sp³-hybridized carbons (Fsp3) is 0.375. The third-order valence-corrected chi connectivity index (χ3v) is 3.99. The summed E-state index contributed by atoms with van der Waals surface area (Å²) in [6, 6.07) is 11.8. The van der Waals surface area contributed by atoms with Crippen LogP contribution in [0, 0.1) is 5.92 Å². The maximum Gasteiger partial charge on any atom is 0.163 e. The molecule has 0 unspecified atom stereocenters. The van der Waals surface area contributed by atoms with Gasteiger partial charge in [0.2, 0.25) is 0 Å². The SMILES string of the molecule is NNc1cc(NCCC2CCC2)nc(-c2ccccc2)n1. The summed E-state index contributed by atoms with van der Waals surface area (Å²) in [4.78, 5) is 8.98. The molecule has 3 rings (SSSR count). The number of aromatic nitrogens is 2. The minimum atomic E-state index is 0.620. The van der Waals surface area contributed by atoms with E-state index in [1.165, 1.54) is 25.7 Å². The number of rotatable bonds is 6. The summed E-state index contributed by atoms with van der Waals surface area (Å²) < 4.78 is 0. The van der Waals surface area contributed by atoms with Gasteiger partial charge < -0.3 is 10.7 Å². The highest BCUT2D eigenvalue weighted by Crippen LogP contribution is 2.29. The number of nitrogens with one attached hydrogen (secondary N) is 2. The molecule has 5 nitrogen and oxygen atoms in total. The Hall–Kier alpha value is -2.14. The Morgan fingerprint density at radius 2 is 1.86 bits per heavy atom. The summed E-state index contributed by atoms with van der Waals surface area (Å²) in [5, 5.41) is 3.38. The summed E-state index contributed by atoms with van der Waals surface area (Å²) in [7, 11) is 0. The molecule has 4 N–H and O–H groups in total. The standard InChI is InChI=1S/C16H21N5/c17-21-15-11-14(18-10-9-12-5-4-6-12)19-16(20-15)13-7-2-1-3-8-13/h1-3,7-8,11-12H,4-6,9-10,17H2,(H2,18,19,20,21). The van der Waals surface area contributed by atoms with Gasteiger partial charge >= 0.3 is 0 Å². The van der Waals surface area contributed by atoms with Gasteiger partial charge in [0, 0.05) is 18.2 Å². The lowest BCUT2D eigenvalue weighted by Gasteiger charge is -2.25. The lowest BCUT2D eigenvalue weighted by molar-refractivity contribution is 0.303. The van der Waals surface area contributed by atoms with E-state index < -0.39 is 0 Å². The molecule has 1 saturated carbocycles. The van der Waals surface area contributed by atoms with Crippen LogP contribution < -0.4 is 16.6 Å². The first-order chi connectivity index (χ1) is 10.3. The van der Waals surface area contributed by atoms with Gasteiger partial charge in [-0.1, -0.05) is 49.6 Å². The van der Waals surface area contributed by atoms with Crippen molar-refractivity contribution in [2.45, 2.75) is 25.7 Å². The van der Waals surface area contributed by atoms with E-state index in [0.717, 1.165) is 23.8 Å². The largest absolute Gasteiger partial charge is 0.370 e. The van der Waals surface area contributed by atoms with Crippen LogP contribution >= 0.6 is 0 Å². The first kappa shape index (κ1) is 13.8. The molecule has 0 aliphatic heterocycles. The first-order valence-electron chi connectivity index (χ1n) is 7.50. The summed E-state index contributed by atoms with van der Waals surface area (Å²) in [5.41, 5.74) is 3.59. The average Bonchev–Trinajstić information content (AvgIpc) is 2.50. The molecular weight excluding hydrogens is 262 g/mol. The monoisotopic (exact) mass is 283 g/mol. The second-order valence-electron chi connectivity index (χ2n) is 5.48. The molecule has 1 aliphatic carbocycles. The van der Waals surface area contributed by atoms with Gasteiger partial charge in [0.1, 0.15) is 11.6 Å². The minimum absolute atomic E-state index is 0.620. The maximum absolute atomic E-state index is 5.51. The van der Waals surface area contributed by atoms with E-state index in [9.17, 15) is 0 Å². The van der Waals surface area contributed by atoms with E-state index in [-0.39, 0.29) is 0 Å². The van der Waals surface area contributed by atoms with Crippen molar-refractivity contribution in [3.63, 3.8) is 0 Å². The van der Waals surface area contributed by atoms with Crippen LogP contribution in [-0.2, 0) is 0 Å². The molecule has 1 aromatic heterocycles. The molecule has 1 aromatic carbocycles. The third-order valence-electron chi connectivity index (χ3n) is 3.99. The predicted molar refractivity (Wildman–Crippen MR) is 85.7 cm³/mol. The maximum atomic E-state index is 5.51. The highest BCUT2D eigenvalue weighted by Gasteiger charge is 2.16. The second-order valence-corrected chi connectivity index (χ2v) is 5.48. The number of benzene rings is 1. The van der Waals surface area contributed by atoms with Crippen molar-refractivity contribution in [2.75, 3.05) is 17.3 Å². The Kier molecular flexibility index (Phi) is 4.31. The van der Waals surface area contributed by atoms with Crippen LogP contribution in [0.3, 0.4) is 0 Å². The van der Waals surface area contributed by atoms with Crippen molar-refractivity contribution in [3.05, 3.63) is 36.4 Å². The van der Waals surface area contributed by atoms with E-state index in [2.05, 4.69) is 20.7 Å². The lowest BCUT2D eigenvalue weighted by Crippen LogP contribution is -2.16. The quantitative estimate of drug-likeness (QED) is 0.561. The van der Waals surface area contributed by atoms with E-state index >= 15 is 0 Å². The zero-order chi connectivity index (χ0) is 14.5. The van der Waals surface area contributed by atoms with Gasteiger partial charge in [-0.25, -0.2) is 15.8 Å². The van der Waals surface area contributed by atoms with Crippen molar-refractivity contribution < 1.29 is 0 Å². The molecule has 0 spiro atoms. The van der Waals surface area contributed by atoms with E-state index in [0.29, 0.717) is 11.6 Å². The zero-order valence-corrected chi connectivity index (χ0v) is 12.0. The summed E-state index contributed by atoms with van der Waals surface area (Å²) in [6.45, 7) is 0.944. The Labute approximate surface area is 125 Å². The van der Waals surface area contributed by atoms with Crippen LogP contribution in [0.4, 0.5) is 11.6 Å². The fourth-order valence-electron chi connectivity index (χ4n) is 2.51. The van der Waals surface area contributed by atoms with Gasteiger partial charge in [-0.15, -0.1) is 0 Å². The summed E-state index contributed by atoms with van der Waals surface area (Å²) >= 11 is 0. The van der Waals surface area contributed by atoms with Gasteiger partial charge in [0.15, 0.2) is 5.82 Å². The summed E-state index contributed by atoms with van der Waals surface area (Å²) in [6.07, 6.45) is 5.33. The van der Waals surface area contributed by atoms with Crippen LogP contribution in [-0.4, -0.2) is 16.5 Å². The number of hydrogen-bond donors (Lipinski definition) is 3. The van der Waals surface area contributed by atoms with Crippen molar-refractivity contribution in [1.82, 2.24) is 9.97 Å². The Morgan fingerprint density at radius 1 is 1.10 bits per heavy atom. The predicted octanol–water partition coefficient (Wildman–Crippen LogP) is 3.03. The van der Waals surface area contributed by atoms with Crippen LogP contribution in [0.25, 0.3) is 11.4 Å². The molecule has 1 aliphatic rings. The normalized spacial score (nSPS) is 14.5. The first-order valence-corrected chi connectivity index (χ1v) is 7.50. The van der Waals surface area contributed by atoms with Crippen molar-refractivity contribution >= 4 is 11.6 Å². The number of hydrazine groups is 1. The fourth-order valence-corrected chi connectivity index (χ4v) is 2.51. The van der Waals surface area contributed by atoms with Crippen LogP contribution in [0.2, 0.25) is 0 Å². The highest BCUT2D eigenvalue weighted by molar-refractivity contribution is 5.60. The molecule has 1 heterocycles. The van der Waals surface area contributed by atoms with Gasteiger partial charge in [-0.3, -0.25) is 0 Å². The van der Waals surface area contributed by atoms with Gasteiger partial charge in [0.25, 0.3) is 0 Å². The van der Waals surface area contributed by atoms with Gasteiger partial charge in [-0.2, -0.15) is 0 Å². The average molecular weight is 283 g/mol. The zero-order valence-electron chi connectivity index (χ0n) is 12.0. The Bertz CT molecular complexity index is 580. The van der Waals surface area contributed by atoms with Crippen molar-refractivity contribution in [1.29, 1.82) is 0 Å². The number of hydrogen-bond acceptors (Lipinski definition) is 5. The number of nitrogen functional groups attached to an aromatic ring is 1. The summed E-state index contributed by atoms with van der Waals surface area (Å²) in [5.74, 6) is 8.51. The minimum Gasteiger partial charge on any atom is -0.370 e. The Balaban J connectivity index is 1.73. The molecule has 21 heavy (non-hydrogen) atoms. The number of nitrogens with zero attached hydrogens (tertiary/aromatic N) is 2. The van der Waals surface area contributed by atoms with Crippen molar-refractivity contribution in [2.24, 2.45) is 11.8 Å². The van der Waals surface area contributed by atoms with Gasteiger partial charge in [0.05, 0.1) is 0 Å². The van der Waals surface area contributed by atoms with Crippen LogP contribution in [0.5, 0.6) is 0 Å². The molecular formula is C16H21N5. The molecule has 0 amide bonds. The molecule has 1 fully saturated rings. The van der Waals surface area contributed by atoms with Gasteiger partial charge in [-0.05, 0) is 12.3 Å². The van der Waals surface area contributed by atoms with E-state index in [1.54, 1.807) is 0 Å². The molecule has 0 radical (unpaired) electrons. The van der Waals surface area contributed by atoms with Crippen molar-refractivity contribution in [3.8, 4) is 11.4 Å². The number of nitrogens with two attached hydrogens (primary N) is 1. The lowest BCUT2D eigenvalue weighted by atomic mass is 9.83. The second kappa shape index (κ2) is 6.54. The molecule has 0 saturated heterocycles. The highest BCUT2D eigenvalue weighted by atomic mass is 15.3. The Morgan fingerprint density at radius 3 is 2.52 bits per heavy atom. The molecule has 110 valence electrons. The van der Waals surface area contributed by atoms with E-state index in [1.807, 2.05) is 36.4 Å². The molecule has 5 heteroatoms. The topological polar surface area (TPSA) is 75.9 Å².